The first-order chi connectivity index (χ1) is 15.1. The smallest absolute Gasteiger partial charge is 0.419 e. The number of alkyl carbamates (subject to hydrolysis) is 1. The molecule has 1 amide bonds. The van der Waals surface area contributed by atoms with Crippen molar-refractivity contribution in [2.45, 2.75) is 91.3 Å². The molecule has 0 fully saturated rings. The molecular formula is C23H33F4NO5. The molecule has 1 rings (SSSR count). The maximum absolute atomic E-state index is 14.0. The van der Waals surface area contributed by atoms with E-state index >= 15 is 0 Å². The Kier molecular flexibility index (Phi) is 9.99. The SMILES string of the molecule is CCC(CC)[C@@H](Oc1ccc(C(F)(F)F)c(F)c1)[C@H](C)OC(=O)[C@H](C)NC(=O)OC(C)(C)C. The van der Waals surface area contributed by atoms with Crippen molar-refractivity contribution < 1.29 is 41.4 Å². The van der Waals surface area contributed by atoms with Gasteiger partial charge in [0.05, 0.1) is 5.56 Å². The number of hydrogen-bond acceptors (Lipinski definition) is 5. The normalized spacial score (nSPS) is 14.9. The molecule has 0 unspecified atom stereocenters. The van der Waals surface area contributed by atoms with Crippen LogP contribution in [0, 0.1) is 11.7 Å². The number of carbonyl (C=O) groups is 2. The van der Waals surface area contributed by atoms with Crippen LogP contribution >= 0.6 is 0 Å². The number of alkyl halides is 3. The van der Waals surface area contributed by atoms with Gasteiger partial charge in [0.1, 0.15) is 35.4 Å². The second-order valence-electron chi connectivity index (χ2n) is 8.81. The maximum Gasteiger partial charge on any atom is 0.419 e. The molecule has 3 atom stereocenters. The Labute approximate surface area is 192 Å². The van der Waals surface area contributed by atoms with Gasteiger partial charge in [-0.2, -0.15) is 13.2 Å². The summed E-state index contributed by atoms with van der Waals surface area (Å²) in [6, 6.07) is 1.29. The van der Waals surface area contributed by atoms with Gasteiger partial charge in [0.2, 0.25) is 0 Å². The zero-order chi connectivity index (χ0) is 25.6. The van der Waals surface area contributed by atoms with Gasteiger partial charge in [-0.3, -0.25) is 0 Å². The van der Waals surface area contributed by atoms with Crippen molar-refractivity contribution in [1.29, 1.82) is 0 Å². The minimum atomic E-state index is -4.82. The van der Waals surface area contributed by atoms with E-state index in [-0.39, 0.29) is 11.7 Å². The van der Waals surface area contributed by atoms with E-state index in [0.717, 1.165) is 6.07 Å². The molecule has 33 heavy (non-hydrogen) atoms. The van der Waals surface area contributed by atoms with Crippen LogP contribution in [0.3, 0.4) is 0 Å². The Morgan fingerprint density at radius 1 is 1.06 bits per heavy atom. The van der Waals surface area contributed by atoms with Gasteiger partial charge in [0, 0.05) is 6.07 Å². The summed E-state index contributed by atoms with van der Waals surface area (Å²) in [7, 11) is 0. The first kappa shape index (κ1) is 28.5. The summed E-state index contributed by atoms with van der Waals surface area (Å²) in [6.45, 7) is 11.8. The first-order valence-corrected chi connectivity index (χ1v) is 10.8. The van der Waals surface area contributed by atoms with E-state index in [9.17, 15) is 27.2 Å². The van der Waals surface area contributed by atoms with Crippen LogP contribution in [-0.4, -0.2) is 35.9 Å². The van der Waals surface area contributed by atoms with Gasteiger partial charge in [0.15, 0.2) is 0 Å². The summed E-state index contributed by atoms with van der Waals surface area (Å²) in [5.74, 6) is -2.44. The van der Waals surface area contributed by atoms with Crippen LogP contribution in [0.4, 0.5) is 22.4 Å². The molecule has 0 aliphatic heterocycles. The van der Waals surface area contributed by atoms with E-state index in [1.807, 2.05) is 13.8 Å². The topological polar surface area (TPSA) is 73.9 Å². The summed E-state index contributed by atoms with van der Waals surface area (Å²) in [5.41, 5.74) is -2.14. The molecular weight excluding hydrogens is 446 g/mol. The van der Waals surface area contributed by atoms with Crippen molar-refractivity contribution in [3.05, 3.63) is 29.6 Å². The van der Waals surface area contributed by atoms with Crippen molar-refractivity contribution >= 4 is 12.1 Å². The number of esters is 1. The molecule has 0 aromatic heterocycles. The predicted molar refractivity (Wildman–Crippen MR) is 114 cm³/mol. The monoisotopic (exact) mass is 479 g/mol. The number of nitrogens with one attached hydrogen (secondary N) is 1. The second-order valence-corrected chi connectivity index (χ2v) is 8.81. The van der Waals surface area contributed by atoms with Crippen LogP contribution in [0.2, 0.25) is 0 Å². The van der Waals surface area contributed by atoms with E-state index < -0.39 is 53.5 Å². The van der Waals surface area contributed by atoms with Crippen molar-refractivity contribution in [1.82, 2.24) is 5.32 Å². The number of halogens is 4. The Morgan fingerprint density at radius 2 is 1.64 bits per heavy atom. The number of carbonyl (C=O) groups excluding carboxylic acids is 2. The number of benzene rings is 1. The molecule has 0 aliphatic carbocycles. The lowest BCUT2D eigenvalue weighted by Gasteiger charge is -2.32. The number of hydrogen-bond donors (Lipinski definition) is 1. The fraction of sp³-hybridized carbons (Fsp3) is 0.652. The molecule has 0 radical (unpaired) electrons. The summed E-state index contributed by atoms with van der Waals surface area (Å²) < 4.78 is 68.8. The van der Waals surface area contributed by atoms with Gasteiger partial charge in [-0.25, -0.2) is 14.0 Å². The highest BCUT2D eigenvalue weighted by molar-refractivity contribution is 5.81. The fourth-order valence-electron chi connectivity index (χ4n) is 3.18. The van der Waals surface area contributed by atoms with Crippen LogP contribution < -0.4 is 10.1 Å². The van der Waals surface area contributed by atoms with Crippen LogP contribution in [-0.2, 0) is 20.4 Å². The van der Waals surface area contributed by atoms with Crippen LogP contribution in [0.5, 0.6) is 5.75 Å². The lowest BCUT2D eigenvalue weighted by molar-refractivity contribution is -0.156. The minimum Gasteiger partial charge on any atom is -0.486 e. The van der Waals surface area contributed by atoms with Gasteiger partial charge in [0.25, 0.3) is 0 Å². The van der Waals surface area contributed by atoms with E-state index in [2.05, 4.69) is 5.32 Å². The van der Waals surface area contributed by atoms with Gasteiger partial charge in [-0.05, 0) is 65.5 Å². The summed E-state index contributed by atoms with van der Waals surface area (Å²) in [4.78, 5) is 24.4. The molecule has 0 heterocycles. The third-order valence-electron chi connectivity index (χ3n) is 4.88. The zero-order valence-electron chi connectivity index (χ0n) is 20.0. The number of amides is 1. The zero-order valence-corrected chi connectivity index (χ0v) is 20.0. The quantitative estimate of drug-likeness (QED) is 0.354. The Bertz CT molecular complexity index is 803. The average molecular weight is 480 g/mol. The minimum absolute atomic E-state index is 0.111. The fourth-order valence-corrected chi connectivity index (χ4v) is 3.18. The summed E-state index contributed by atoms with van der Waals surface area (Å²) in [6.07, 6.45) is -5.95. The molecule has 188 valence electrons. The highest BCUT2D eigenvalue weighted by atomic mass is 19.4. The van der Waals surface area contributed by atoms with Crippen molar-refractivity contribution in [3.8, 4) is 5.75 Å². The van der Waals surface area contributed by atoms with Crippen LogP contribution in [0.25, 0.3) is 0 Å². The molecule has 0 spiro atoms. The lowest BCUT2D eigenvalue weighted by Crippen LogP contribution is -2.46. The molecule has 1 aromatic rings. The van der Waals surface area contributed by atoms with E-state index in [4.69, 9.17) is 14.2 Å². The van der Waals surface area contributed by atoms with E-state index in [1.165, 1.54) is 6.92 Å². The Hall–Kier alpha value is -2.52. The second kappa shape index (κ2) is 11.6. The van der Waals surface area contributed by atoms with Gasteiger partial charge in [-0.1, -0.05) is 13.8 Å². The van der Waals surface area contributed by atoms with Crippen LogP contribution in [0.1, 0.15) is 66.9 Å². The number of rotatable bonds is 9. The summed E-state index contributed by atoms with van der Waals surface area (Å²) in [5, 5.41) is 2.38. The van der Waals surface area contributed by atoms with Gasteiger partial charge < -0.3 is 19.5 Å². The molecule has 0 bridgehead atoms. The highest BCUT2D eigenvalue weighted by Gasteiger charge is 2.35. The standard InChI is InChI=1S/C23H33F4NO5/c1-8-15(9-2)19(32-16-10-11-17(18(24)12-16)23(25,26)27)14(4)31-20(29)13(3)28-21(30)33-22(5,6)7/h10-15,19H,8-9H2,1-7H3,(H,28,30)/t13-,14-,19-/m0/s1. The van der Waals surface area contributed by atoms with Gasteiger partial charge >= 0.3 is 18.2 Å². The van der Waals surface area contributed by atoms with E-state index in [0.29, 0.717) is 25.0 Å². The Balaban J connectivity index is 2.96. The summed E-state index contributed by atoms with van der Waals surface area (Å²) >= 11 is 0. The van der Waals surface area contributed by atoms with E-state index in [1.54, 1.807) is 27.7 Å². The molecule has 1 aromatic carbocycles. The molecule has 10 heteroatoms. The molecule has 0 saturated heterocycles. The molecule has 1 N–H and O–H groups in total. The third kappa shape index (κ3) is 9.09. The van der Waals surface area contributed by atoms with Crippen molar-refractivity contribution in [2.24, 2.45) is 5.92 Å². The maximum atomic E-state index is 14.0. The third-order valence-corrected chi connectivity index (χ3v) is 4.88. The predicted octanol–water partition coefficient (Wildman–Crippen LogP) is 5.87. The highest BCUT2D eigenvalue weighted by Crippen LogP contribution is 2.34. The molecule has 0 aliphatic rings. The first-order valence-electron chi connectivity index (χ1n) is 10.8. The van der Waals surface area contributed by atoms with Crippen molar-refractivity contribution in [3.63, 3.8) is 0 Å². The Morgan fingerprint density at radius 3 is 2.09 bits per heavy atom. The van der Waals surface area contributed by atoms with Crippen molar-refractivity contribution in [2.75, 3.05) is 0 Å². The molecule has 0 saturated carbocycles. The lowest BCUT2D eigenvalue weighted by atomic mass is 9.93. The largest absolute Gasteiger partial charge is 0.486 e. The average Bonchev–Trinajstić information content (AvgIpc) is 2.65. The number of ether oxygens (including phenoxy) is 3. The molecule has 6 nitrogen and oxygen atoms in total. The van der Waals surface area contributed by atoms with Gasteiger partial charge in [-0.15, -0.1) is 0 Å². The van der Waals surface area contributed by atoms with Crippen LogP contribution in [0.15, 0.2) is 18.2 Å².